The van der Waals surface area contributed by atoms with Crippen LogP contribution in [0.4, 0.5) is 11.4 Å². The minimum absolute atomic E-state index is 0.00351. The number of para-hydroxylation sites is 3. The largest absolute Gasteiger partial charge is 0.495 e. The molecule has 4 unspecified atom stereocenters. The van der Waals surface area contributed by atoms with E-state index < -0.39 is 17.1 Å². The molecular weight excluding hydrogens is 668 g/mol. The third-order valence-corrected chi connectivity index (χ3v) is 17.0. The molecule has 2 aliphatic carbocycles. The van der Waals surface area contributed by atoms with Crippen LogP contribution in [0.25, 0.3) is 0 Å². The molecule has 2 aromatic carbocycles. The number of carbonyl (C=O) groups excluding carboxylic acids is 1. The van der Waals surface area contributed by atoms with Crippen LogP contribution in [0, 0.1) is 28.1 Å². The number of ether oxygens (including phenoxy) is 4. The number of aliphatic hydroxyl groups excluding tert-OH is 1. The van der Waals surface area contributed by atoms with E-state index in [9.17, 15) is 9.90 Å². The summed E-state index contributed by atoms with van der Waals surface area (Å²) in [5, 5.41) is 17.1. The molecule has 12 atom stereocenters. The van der Waals surface area contributed by atoms with Gasteiger partial charge >= 0.3 is 5.97 Å². The molecule has 0 aromatic heterocycles. The number of rotatable bonds is 3. The van der Waals surface area contributed by atoms with Gasteiger partial charge in [0.25, 0.3) is 0 Å². The molecule has 280 valence electrons. The van der Waals surface area contributed by atoms with Gasteiger partial charge in [0.2, 0.25) is 0 Å². The van der Waals surface area contributed by atoms with Crippen molar-refractivity contribution in [1.29, 1.82) is 0 Å². The third-order valence-electron chi connectivity index (χ3n) is 17.0. The number of piperidine rings is 3. The second-order valence-electron chi connectivity index (χ2n) is 18.4. The van der Waals surface area contributed by atoms with Gasteiger partial charge in [-0.1, -0.05) is 30.3 Å². The highest BCUT2D eigenvalue weighted by molar-refractivity contribution is 5.93. The maximum Gasteiger partial charge on any atom is 0.335 e. The van der Waals surface area contributed by atoms with E-state index in [4.69, 9.17) is 18.9 Å². The Bertz CT molecular complexity index is 1940. The molecule has 7 saturated heterocycles. The fourth-order valence-corrected chi connectivity index (χ4v) is 15.8. The van der Waals surface area contributed by atoms with Gasteiger partial charge < -0.3 is 34.3 Å². The highest BCUT2D eigenvalue weighted by atomic mass is 16.5. The molecule has 0 amide bonds. The molecule has 2 N–H and O–H groups in total. The molecule has 2 aromatic rings. The molecular formula is C43H52N4O6. The SMILES string of the molecule is COC(=O)C1=C2Nc3ccccc3[C@@]23CCN2C3[C@]3(CCO[C@H]3[C@@]3(CC4C[C@]56CCO[C@H]5CCN5CC[C@H](C4N(c4ccccc4OC)C3)C56)[C@H]2O)C1. The molecule has 0 bridgehead atoms. The molecule has 1 saturated carbocycles. The molecule has 10 nitrogen and oxygen atoms in total. The molecule has 10 heteroatoms. The average molecular weight is 721 g/mol. The predicted molar refractivity (Wildman–Crippen MR) is 197 cm³/mol. The van der Waals surface area contributed by atoms with Crippen molar-refractivity contribution in [2.24, 2.45) is 28.1 Å². The van der Waals surface area contributed by atoms with E-state index in [0.29, 0.717) is 49.6 Å². The Morgan fingerprint density at radius 1 is 0.925 bits per heavy atom. The Balaban J connectivity index is 1.05. The summed E-state index contributed by atoms with van der Waals surface area (Å²) < 4.78 is 25.6. The average Bonchev–Trinajstić information content (AvgIpc) is 4.03. The van der Waals surface area contributed by atoms with Crippen LogP contribution in [0.5, 0.6) is 5.75 Å². The van der Waals surface area contributed by atoms with Crippen LogP contribution in [0.2, 0.25) is 0 Å². The molecule has 53 heavy (non-hydrogen) atoms. The molecule has 8 fully saturated rings. The van der Waals surface area contributed by atoms with Crippen molar-refractivity contribution in [3.8, 4) is 5.75 Å². The van der Waals surface area contributed by atoms with E-state index in [-0.39, 0.29) is 28.9 Å². The zero-order chi connectivity index (χ0) is 35.5. The Labute approximate surface area is 311 Å². The summed E-state index contributed by atoms with van der Waals surface area (Å²) in [6.07, 6.45) is 7.13. The van der Waals surface area contributed by atoms with Gasteiger partial charge in [-0.15, -0.1) is 0 Å². The Hall–Kier alpha value is -3.15. The van der Waals surface area contributed by atoms with Gasteiger partial charge in [0, 0.05) is 73.2 Å². The number of nitrogens with one attached hydrogen (secondary N) is 1. The van der Waals surface area contributed by atoms with Crippen LogP contribution in [0.1, 0.15) is 56.9 Å². The van der Waals surface area contributed by atoms with Crippen molar-refractivity contribution in [3.05, 3.63) is 65.4 Å². The first kappa shape index (κ1) is 32.1. The lowest BCUT2D eigenvalue weighted by Crippen LogP contribution is -2.78. The zero-order valence-electron chi connectivity index (χ0n) is 31.0. The maximum absolute atomic E-state index is 14.0. The number of hydrogen-bond acceptors (Lipinski definition) is 10. The number of anilines is 2. The lowest BCUT2D eigenvalue weighted by atomic mass is 9.46. The van der Waals surface area contributed by atoms with Crippen LogP contribution < -0.4 is 15.0 Å². The number of nitrogens with zero attached hydrogens (tertiary/aromatic N) is 3. The van der Waals surface area contributed by atoms with Gasteiger partial charge in [-0.3, -0.25) is 9.80 Å². The normalized spacial score (nSPS) is 45.8. The van der Waals surface area contributed by atoms with Crippen molar-refractivity contribution in [1.82, 2.24) is 9.80 Å². The standard InChI is InChI=1S/C43H52N4O6/c1-50-31-10-6-5-9-30(31)47-24-42(22-25-21-40-14-19-52-32(40)12-17-45-16-11-26(33(25)47)35(40)45)38-41(15-20-53-38)23-27(36(48)51-2)34-43(13-18-46(37(41)43)39(42)49)28-7-3-4-8-29(28)44-34/h3-10,25-26,32-33,35,37-39,44,49H,11-24H2,1-2H3/t25?,26-,32+,33?,35?,37?,38-,39-,40-,41+,42+,43+/m1/s1. The second-order valence-corrected chi connectivity index (χ2v) is 18.4. The molecule has 8 aliphatic heterocycles. The molecule has 12 rings (SSSR count). The van der Waals surface area contributed by atoms with Gasteiger partial charge in [0.05, 0.1) is 48.5 Å². The molecule has 8 heterocycles. The van der Waals surface area contributed by atoms with E-state index in [2.05, 4.69) is 68.5 Å². The fraction of sp³-hybridized carbons (Fsp3) is 0.651. The minimum Gasteiger partial charge on any atom is -0.495 e. The van der Waals surface area contributed by atoms with Gasteiger partial charge in [-0.25, -0.2) is 4.79 Å². The van der Waals surface area contributed by atoms with E-state index in [1.54, 1.807) is 7.11 Å². The number of methoxy groups -OCH3 is 2. The van der Waals surface area contributed by atoms with Crippen molar-refractivity contribution in [2.75, 3.05) is 63.8 Å². The molecule has 0 radical (unpaired) electrons. The Kier molecular flexibility index (Phi) is 6.54. The van der Waals surface area contributed by atoms with Crippen LogP contribution >= 0.6 is 0 Å². The topological polar surface area (TPSA) is 96.0 Å². The number of esters is 1. The summed E-state index contributed by atoms with van der Waals surface area (Å²) in [5.41, 5.74) is 3.94. The monoisotopic (exact) mass is 720 g/mol. The molecule has 10 aliphatic rings. The van der Waals surface area contributed by atoms with E-state index in [1.807, 2.05) is 0 Å². The van der Waals surface area contributed by atoms with Gasteiger partial charge in [-0.2, -0.15) is 0 Å². The number of hydrogen-bond donors (Lipinski definition) is 2. The van der Waals surface area contributed by atoms with E-state index >= 15 is 0 Å². The number of carbonyl (C=O) groups is 1. The highest BCUT2D eigenvalue weighted by Crippen LogP contribution is 2.73. The Morgan fingerprint density at radius 3 is 2.60 bits per heavy atom. The number of fused-ring (bicyclic) bond motifs is 4. The quantitative estimate of drug-likeness (QED) is 0.441. The number of benzene rings is 2. The van der Waals surface area contributed by atoms with Crippen molar-refractivity contribution in [3.63, 3.8) is 0 Å². The van der Waals surface area contributed by atoms with E-state index in [1.165, 1.54) is 19.1 Å². The Morgan fingerprint density at radius 2 is 1.72 bits per heavy atom. The van der Waals surface area contributed by atoms with Gasteiger partial charge in [-0.05, 0) is 93.5 Å². The third kappa shape index (κ3) is 3.67. The first-order valence-corrected chi connectivity index (χ1v) is 20.4. The molecule has 4 spiro atoms. The summed E-state index contributed by atoms with van der Waals surface area (Å²) in [6.45, 7) is 5.23. The first-order valence-electron chi connectivity index (χ1n) is 20.4. The predicted octanol–water partition coefficient (Wildman–Crippen LogP) is 4.53. The zero-order valence-corrected chi connectivity index (χ0v) is 31.0. The minimum atomic E-state index is -0.702. The fourth-order valence-electron chi connectivity index (χ4n) is 15.8. The van der Waals surface area contributed by atoms with Gasteiger partial charge in [0.1, 0.15) is 12.0 Å². The van der Waals surface area contributed by atoms with Crippen LogP contribution in [0.3, 0.4) is 0 Å². The highest BCUT2D eigenvalue weighted by Gasteiger charge is 2.78. The first-order chi connectivity index (χ1) is 25.9. The number of aliphatic hydroxyl groups is 1. The van der Waals surface area contributed by atoms with Crippen molar-refractivity contribution < 1.29 is 28.8 Å². The lowest BCUT2D eigenvalue weighted by molar-refractivity contribution is -0.250. The smallest absolute Gasteiger partial charge is 0.335 e. The van der Waals surface area contributed by atoms with Crippen LogP contribution in [-0.2, 0) is 24.4 Å². The summed E-state index contributed by atoms with van der Waals surface area (Å²) in [4.78, 5) is 22.0. The maximum atomic E-state index is 14.0. The van der Waals surface area contributed by atoms with Crippen molar-refractivity contribution in [2.45, 2.75) is 93.3 Å². The summed E-state index contributed by atoms with van der Waals surface area (Å²) >= 11 is 0. The van der Waals surface area contributed by atoms with Crippen molar-refractivity contribution >= 4 is 17.3 Å². The van der Waals surface area contributed by atoms with Crippen LogP contribution in [-0.4, -0.2) is 111 Å². The lowest BCUT2D eigenvalue weighted by Gasteiger charge is -2.69. The summed E-state index contributed by atoms with van der Waals surface area (Å²) in [6, 6.07) is 18.0. The summed E-state index contributed by atoms with van der Waals surface area (Å²) in [5.74, 6) is 1.52. The summed E-state index contributed by atoms with van der Waals surface area (Å²) in [7, 11) is 3.30. The second kappa shape index (κ2) is 10.8. The van der Waals surface area contributed by atoms with Gasteiger partial charge in [0.15, 0.2) is 0 Å². The van der Waals surface area contributed by atoms with E-state index in [0.717, 1.165) is 93.2 Å². The van der Waals surface area contributed by atoms with Crippen LogP contribution in [0.15, 0.2) is 59.8 Å².